The zero-order valence-electron chi connectivity index (χ0n) is 12.5. The van der Waals surface area contributed by atoms with Gasteiger partial charge in [-0.2, -0.15) is 0 Å². The van der Waals surface area contributed by atoms with Crippen molar-refractivity contribution in [3.05, 3.63) is 28.2 Å². The molecule has 1 aromatic rings. The van der Waals surface area contributed by atoms with E-state index in [1.807, 2.05) is 12.1 Å². The third-order valence-electron chi connectivity index (χ3n) is 5.18. The van der Waals surface area contributed by atoms with Gasteiger partial charge in [-0.3, -0.25) is 0 Å². The first-order valence-corrected chi connectivity index (χ1v) is 8.76. The molecule has 2 aliphatic carbocycles. The number of hydrogen-bond acceptors (Lipinski definition) is 2. The first kappa shape index (κ1) is 15.5. The molecule has 0 saturated heterocycles. The van der Waals surface area contributed by atoms with E-state index < -0.39 is 0 Å². The number of nitrogens with one attached hydrogen (secondary N) is 1. The van der Waals surface area contributed by atoms with Crippen LogP contribution < -0.4 is 10.1 Å². The number of benzene rings is 1. The molecule has 3 rings (SSSR count). The molecule has 116 valence electrons. The summed E-state index contributed by atoms with van der Waals surface area (Å²) in [6, 6.07) is 6.09. The summed E-state index contributed by atoms with van der Waals surface area (Å²) in [5.74, 6) is 0.769. The van der Waals surface area contributed by atoms with E-state index in [9.17, 15) is 0 Å². The lowest BCUT2D eigenvalue weighted by atomic mass is 9.55. The van der Waals surface area contributed by atoms with Crippen LogP contribution in [0.3, 0.4) is 0 Å². The monoisotopic (exact) mass is 327 g/mol. The molecule has 0 amide bonds. The quantitative estimate of drug-likeness (QED) is 0.833. The average Bonchev–Trinajstić information content (AvgIpc) is 2.49. The van der Waals surface area contributed by atoms with Gasteiger partial charge in [-0.25, -0.2) is 0 Å². The molecule has 0 bridgehead atoms. The Balaban J connectivity index is 1.75. The zero-order valence-corrected chi connectivity index (χ0v) is 14.0. The van der Waals surface area contributed by atoms with Crippen molar-refractivity contribution in [3.63, 3.8) is 0 Å². The fourth-order valence-electron chi connectivity index (χ4n) is 4.05. The smallest absolute Gasteiger partial charge is 0.138 e. The molecular weight excluding hydrogens is 305 g/mol. The number of ether oxygens (including phenoxy) is 1. The van der Waals surface area contributed by atoms with E-state index >= 15 is 0 Å². The molecule has 0 aliphatic heterocycles. The second kappa shape index (κ2) is 6.36. The fraction of sp³-hybridized carbons (Fsp3) is 0.647. The van der Waals surface area contributed by atoms with E-state index in [-0.39, 0.29) is 6.10 Å². The van der Waals surface area contributed by atoms with Gasteiger partial charge in [0.15, 0.2) is 0 Å². The largest absolute Gasteiger partial charge is 0.488 e. The highest BCUT2D eigenvalue weighted by Gasteiger charge is 2.56. The van der Waals surface area contributed by atoms with E-state index in [0.29, 0.717) is 21.5 Å². The van der Waals surface area contributed by atoms with Crippen LogP contribution in [0.1, 0.15) is 45.4 Å². The normalized spacial score (nSPS) is 27.4. The van der Waals surface area contributed by atoms with Crippen molar-refractivity contribution in [1.82, 2.24) is 5.32 Å². The van der Waals surface area contributed by atoms with Crippen LogP contribution in [-0.4, -0.2) is 18.7 Å². The average molecular weight is 328 g/mol. The summed E-state index contributed by atoms with van der Waals surface area (Å²) in [5.41, 5.74) is 0.303. The number of rotatable bonds is 4. The molecule has 1 aromatic carbocycles. The maximum atomic E-state index is 6.28. The van der Waals surface area contributed by atoms with Crippen LogP contribution in [0.5, 0.6) is 5.75 Å². The Kier molecular flexibility index (Phi) is 4.68. The Bertz CT molecular complexity index is 500. The van der Waals surface area contributed by atoms with E-state index in [1.54, 1.807) is 6.07 Å². The molecule has 2 saturated carbocycles. The number of hydrogen-bond donors (Lipinski definition) is 1. The van der Waals surface area contributed by atoms with Crippen LogP contribution in [0.15, 0.2) is 18.2 Å². The molecular formula is C17H23Cl2NO. The summed E-state index contributed by atoms with van der Waals surface area (Å²) in [6.45, 7) is 3.21. The summed E-state index contributed by atoms with van der Waals surface area (Å²) in [4.78, 5) is 0. The topological polar surface area (TPSA) is 21.3 Å². The molecule has 1 N–H and O–H groups in total. The standard InChI is InChI=1S/C17H23Cl2NO/c1-2-20-15-11-16(17(15)8-4-3-5-9-17)21-14-7-6-12(18)10-13(14)19/h6-7,10,15-16,20H,2-5,8-9,11H2,1H3. The maximum Gasteiger partial charge on any atom is 0.138 e. The Hall–Kier alpha value is -0.440. The first-order valence-electron chi connectivity index (χ1n) is 8.01. The van der Waals surface area contributed by atoms with Crippen LogP contribution in [-0.2, 0) is 0 Å². The number of halogens is 2. The minimum absolute atomic E-state index is 0.278. The van der Waals surface area contributed by atoms with Crippen LogP contribution in [0, 0.1) is 5.41 Å². The molecule has 4 heteroatoms. The van der Waals surface area contributed by atoms with Gasteiger partial charge in [-0.15, -0.1) is 0 Å². The summed E-state index contributed by atoms with van der Waals surface area (Å²) in [7, 11) is 0. The van der Waals surface area contributed by atoms with E-state index in [1.165, 1.54) is 32.1 Å². The predicted octanol–water partition coefficient (Wildman–Crippen LogP) is 5.07. The summed E-state index contributed by atoms with van der Waals surface area (Å²) in [6.07, 6.45) is 7.87. The van der Waals surface area contributed by atoms with Crippen LogP contribution in [0.25, 0.3) is 0 Å². The van der Waals surface area contributed by atoms with Gasteiger partial charge in [0, 0.05) is 22.9 Å². The SMILES string of the molecule is CCNC1CC(Oc2ccc(Cl)cc2Cl)C12CCCCC2. The summed E-state index contributed by atoms with van der Waals surface area (Å²) >= 11 is 12.2. The highest BCUT2D eigenvalue weighted by Crippen LogP contribution is 2.53. The van der Waals surface area contributed by atoms with Gasteiger partial charge in [0.1, 0.15) is 11.9 Å². The van der Waals surface area contributed by atoms with Crippen molar-refractivity contribution in [2.24, 2.45) is 5.41 Å². The van der Waals surface area contributed by atoms with Crippen LogP contribution in [0.2, 0.25) is 10.0 Å². The molecule has 0 radical (unpaired) electrons. The Morgan fingerprint density at radius 3 is 2.67 bits per heavy atom. The van der Waals surface area contributed by atoms with Crippen molar-refractivity contribution in [3.8, 4) is 5.75 Å². The molecule has 2 atom stereocenters. The minimum Gasteiger partial charge on any atom is -0.488 e. The van der Waals surface area contributed by atoms with Crippen LogP contribution >= 0.6 is 23.2 Å². The Morgan fingerprint density at radius 2 is 2.00 bits per heavy atom. The lowest BCUT2D eigenvalue weighted by Crippen LogP contribution is -2.65. The van der Waals surface area contributed by atoms with E-state index in [0.717, 1.165) is 18.7 Å². The second-order valence-electron chi connectivity index (χ2n) is 6.32. The Morgan fingerprint density at radius 1 is 1.24 bits per heavy atom. The van der Waals surface area contributed by atoms with Crippen molar-refractivity contribution in [1.29, 1.82) is 0 Å². The second-order valence-corrected chi connectivity index (χ2v) is 7.16. The summed E-state index contributed by atoms with van der Waals surface area (Å²) < 4.78 is 6.28. The van der Waals surface area contributed by atoms with E-state index in [4.69, 9.17) is 27.9 Å². The van der Waals surface area contributed by atoms with Gasteiger partial charge in [-0.1, -0.05) is 49.4 Å². The van der Waals surface area contributed by atoms with Crippen molar-refractivity contribution in [2.75, 3.05) is 6.54 Å². The molecule has 0 aromatic heterocycles. The maximum absolute atomic E-state index is 6.28. The van der Waals surface area contributed by atoms with Gasteiger partial charge in [0.05, 0.1) is 5.02 Å². The molecule has 2 aliphatic rings. The molecule has 2 nitrogen and oxygen atoms in total. The first-order chi connectivity index (χ1) is 10.2. The zero-order chi connectivity index (χ0) is 14.9. The van der Waals surface area contributed by atoms with Gasteiger partial charge in [0.2, 0.25) is 0 Å². The third-order valence-corrected chi connectivity index (χ3v) is 5.71. The van der Waals surface area contributed by atoms with Crippen molar-refractivity contribution in [2.45, 2.75) is 57.6 Å². The van der Waals surface area contributed by atoms with Crippen molar-refractivity contribution < 1.29 is 4.74 Å². The molecule has 21 heavy (non-hydrogen) atoms. The summed E-state index contributed by atoms with van der Waals surface area (Å²) in [5, 5.41) is 4.91. The third kappa shape index (κ3) is 2.91. The van der Waals surface area contributed by atoms with Crippen molar-refractivity contribution >= 4 is 23.2 Å². The van der Waals surface area contributed by atoms with Crippen LogP contribution in [0.4, 0.5) is 0 Å². The fourth-order valence-corrected chi connectivity index (χ4v) is 4.50. The lowest BCUT2D eigenvalue weighted by molar-refractivity contribution is -0.102. The minimum atomic E-state index is 0.278. The molecule has 1 spiro atoms. The van der Waals surface area contributed by atoms with Gasteiger partial charge >= 0.3 is 0 Å². The molecule has 0 heterocycles. The lowest BCUT2D eigenvalue weighted by Gasteiger charge is -2.57. The Labute approximate surface area is 137 Å². The van der Waals surface area contributed by atoms with Gasteiger partial charge < -0.3 is 10.1 Å². The molecule has 2 fully saturated rings. The highest BCUT2D eigenvalue weighted by molar-refractivity contribution is 6.35. The van der Waals surface area contributed by atoms with Gasteiger partial charge in [0.25, 0.3) is 0 Å². The van der Waals surface area contributed by atoms with Gasteiger partial charge in [-0.05, 0) is 37.6 Å². The highest BCUT2D eigenvalue weighted by atomic mass is 35.5. The van der Waals surface area contributed by atoms with E-state index in [2.05, 4.69) is 12.2 Å². The molecule has 2 unspecified atom stereocenters. The predicted molar refractivity (Wildman–Crippen MR) is 88.5 cm³/mol.